The van der Waals surface area contributed by atoms with Gasteiger partial charge in [0, 0.05) is 5.92 Å². The minimum absolute atomic E-state index is 0.0150. The maximum Gasteiger partial charge on any atom is 0.189 e. The van der Waals surface area contributed by atoms with Gasteiger partial charge in [0.2, 0.25) is 0 Å². The molecule has 0 heterocycles. The molecule has 2 aliphatic rings. The highest BCUT2D eigenvalue weighted by Crippen LogP contribution is 2.55. The molecule has 3 rings (SSSR count). The summed E-state index contributed by atoms with van der Waals surface area (Å²) in [5, 5.41) is 38.2. The Hall–Kier alpha value is -2.90. The van der Waals surface area contributed by atoms with Crippen LogP contribution in [0.1, 0.15) is 57.1 Å². The van der Waals surface area contributed by atoms with Gasteiger partial charge in [0.15, 0.2) is 5.41 Å². The minimum atomic E-state index is -1.59. The molecule has 4 heteroatoms. The van der Waals surface area contributed by atoms with E-state index in [0.29, 0.717) is 0 Å². The van der Waals surface area contributed by atoms with E-state index >= 15 is 0 Å². The molecule has 1 fully saturated rings. The van der Waals surface area contributed by atoms with Crippen LogP contribution in [0.25, 0.3) is 0 Å². The summed E-state index contributed by atoms with van der Waals surface area (Å²) in [7, 11) is 0. The molecule has 0 aliphatic heterocycles. The molecule has 3 atom stereocenters. The lowest BCUT2D eigenvalue weighted by Crippen LogP contribution is -2.48. The van der Waals surface area contributed by atoms with E-state index in [4.69, 9.17) is 5.41 Å². The van der Waals surface area contributed by atoms with Crippen LogP contribution in [0.5, 0.6) is 0 Å². The Morgan fingerprint density at radius 3 is 2.22 bits per heavy atom. The quantitative estimate of drug-likeness (QED) is 0.717. The first kappa shape index (κ1) is 18.9. The fraction of sp³-hybridized carbons (Fsp3) is 0.478. The molecular formula is C23H24N4. The average Bonchev–Trinajstić information content (AvgIpc) is 2.66. The highest BCUT2D eigenvalue weighted by Gasteiger charge is 2.57. The largest absolute Gasteiger partial charge is 0.305 e. The van der Waals surface area contributed by atoms with Crippen molar-refractivity contribution in [2.45, 2.75) is 51.4 Å². The lowest BCUT2D eigenvalue weighted by molar-refractivity contribution is 0.320. The SMILES string of the molecule is CC(C)(C)c1ccc([C@@H]2[C@H]3CCCC=C3[C@H](C#N)C(=N)C2(C#N)C#N)cc1. The van der Waals surface area contributed by atoms with E-state index in [9.17, 15) is 15.8 Å². The Morgan fingerprint density at radius 1 is 1.07 bits per heavy atom. The van der Waals surface area contributed by atoms with Gasteiger partial charge in [-0.1, -0.05) is 51.1 Å². The molecule has 2 aliphatic carbocycles. The fourth-order valence-corrected chi connectivity index (χ4v) is 4.58. The second-order valence-corrected chi connectivity index (χ2v) is 8.60. The number of hydrogen-bond acceptors (Lipinski definition) is 4. The van der Waals surface area contributed by atoms with Crippen molar-refractivity contribution in [3.63, 3.8) is 0 Å². The van der Waals surface area contributed by atoms with E-state index in [1.165, 1.54) is 5.56 Å². The van der Waals surface area contributed by atoms with Crippen LogP contribution >= 0.6 is 0 Å². The fourth-order valence-electron chi connectivity index (χ4n) is 4.58. The molecular weight excluding hydrogens is 332 g/mol. The summed E-state index contributed by atoms with van der Waals surface area (Å²) in [6.45, 7) is 6.44. The lowest BCUT2D eigenvalue weighted by Gasteiger charge is -2.45. The molecule has 4 nitrogen and oxygen atoms in total. The van der Waals surface area contributed by atoms with Gasteiger partial charge < -0.3 is 5.41 Å². The zero-order valence-corrected chi connectivity index (χ0v) is 16.1. The Bertz CT molecular complexity index is 896. The smallest absolute Gasteiger partial charge is 0.189 e. The van der Waals surface area contributed by atoms with Crippen molar-refractivity contribution in [3.8, 4) is 18.2 Å². The molecule has 27 heavy (non-hydrogen) atoms. The van der Waals surface area contributed by atoms with Crippen LogP contribution in [0.15, 0.2) is 35.9 Å². The molecule has 0 radical (unpaired) electrons. The summed E-state index contributed by atoms with van der Waals surface area (Å²) < 4.78 is 0. The van der Waals surface area contributed by atoms with Crippen LogP contribution in [0.2, 0.25) is 0 Å². The van der Waals surface area contributed by atoms with Gasteiger partial charge >= 0.3 is 0 Å². The van der Waals surface area contributed by atoms with Gasteiger partial charge in [-0.2, -0.15) is 15.8 Å². The maximum atomic E-state index is 9.99. The summed E-state index contributed by atoms with van der Waals surface area (Å²) in [6.07, 6.45) is 4.77. The number of hydrogen-bond donors (Lipinski definition) is 1. The third-order valence-electron chi connectivity index (χ3n) is 6.06. The topological polar surface area (TPSA) is 95.2 Å². The molecule has 1 N–H and O–H groups in total. The van der Waals surface area contributed by atoms with Crippen molar-refractivity contribution in [2.24, 2.45) is 17.3 Å². The molecule has 0 bridgehead atoms. The van der Waals surface area contributed by atoms with E-state index in [1.54, 1.807) is 0 Å². The van der Waals surface area contributed by atoms with Crippen LogP contribution in [-0.4, -0.2) is 5.71 Å². The predicted molar refractivity (Wildman–Crippen MR) is 104 cm³/mol. The number of nitriles is 3. The zero-order valence-electron chi connectivity index (χ0n) is 16.1. The zero-order chi connectivity index (χ0) is 19.8. The normalized spacial score (nSPS) is 26.7. The molecule has 0 spiro atoms. The summed E-state index contributed by atoms with van der Waals surface area (Å²) >= 11 is 0. The molecule has 136 valence electrons. The van der Waals surface area contributed by atoms with Crippen molar-refractivity contribution < 1.29 is 0 Å². The Balaban J connectivity index is 2.19. The molecule has 1 aromatic rings. The summed E-state index contributed by atoms with van der Waals surface area (Å²) in [6, 6.07) is 14.6. The minimum Gasteiger partial charge on any atom is -0.305 e. The summed E-state index contributed by atoms with van der Waals surface area (Å²) in [4.78, 5) is 0. The molecule has 1 aromatic carbocycles. The van der Waals surface area contributed by atoms with Gasteiger partial charge in [0.25, 0.3) is 0 Å². The van der Waals surface area contributed by atoms with E-state index in [2.05, 4.69) is 57.2 Å². The van der Waals surface area contributed by atoms with E-state index in [-0.39, 0.29) is 17.0 Å². The number of rotatable bonds is 1. The summed E-state index contributed by atoms with van der Waals surface area (Å²) in [5.74, 6) is -1.22. The van der Waals surface area contributed by atoms with Crippen molar-refractivity contribution >= 4 is 5.71 Å². The second kappa shape index (κ2) is 6.68. The van der Waals surface area contributed by atoms with Gasteiger partial charge in [-0.25, -0.2) is 0 Å². The first-order valence-electron chi connectivity index (χ1n) is 9.41. The number of allylic oxidation sites excluding steroid dienone is 2. The number of benzene rings is 1. The third-order valence-corrected chi connectivity index (χ3v) is 6.06. The Morgan fingerprint density at radius 2 is 1.70 bits per heavy atom. The van der Waals surface area contributed by atoms with E-state index in [0.717, 1.165) is 30.4 Å². The number of nitrogens with one attached hydrogen (secondary N) is 1. The monoisotopic (exact) mass is 356 g/mol. The van der Waals surface area contributed by atoms with Crippen molar-refractivity contribution in [1.82, 2.24) is 0 Å². The van der Waals surface area contributed by atoms with Gasteiger partial charge in [0.1, 0.15) is 5.92 Å². The van der Waals surface area contributed by atoms with Gasteiger partial charge in [-0.05, 0) is 47.3 Å². The van der Waals surface area contributed by atoms with E-state index < -0.39 is 17.3 Å². The maximum absolute atomic E-state index is 9.99. The van der Waals surface area contributed by atoms with E-state index in [1.807, 2.05) is 12.1 Å². The Kier molecular flexibility index (Phi) is 4.67. The van der Waals surface area contributed by atoms with Crippen LogP contribution in [0.4, 0.5) is 0 Å². The van der Waals surface area contributed by atoms with Crippen molar-refractivity contribution in [2.75, 3.05) is 0 Å². The van der Waals surface area contributed by atoms with Crippen LogP contribution in [0, 0.1) is 56.7 Å². The van der Waals surface area contributed by atoms with Gasteiger partial charge in [-0.15, -0.1) is 0 Å². The predicted octanol–water partition coefficient (Wildman–Crippen LogP) is 5.00. The third kappa shape index (κ3) is 2.85. The standard InChI is InChI=1S/C23H24N4/c1-22(2,3)16-10-8-15(9-11-16)20-18-7-5-4-6-17(18)19(12-24)21(27)23(20,13-25)14-26/h6,8-11,18-20,27H,4-5,7H2,1-3H3/t18-,19-,20+/m0/s1. The molecule has 1 saturated carbocycles. The van der Waals surface area contributed by atoms with Crippen LogP contribution < -0.4 is 0 Å². The number of nitrogens with zero attached hydrogens (tertiary/aromatic N) is 3. The molecule has 0 amide bonds. The Labute approximate surface area is 161 Å². The second-order valence-electron chi connectivity index (χ2n) is 8.60. The van der Waals surface area contributed by atoms with Crippen molar-refractivity contribution in [3.05, 3.63) is 47.0 Å². The average molecular weight is 356 g/mol. The highest BCUT2D eigenvalue weighted by molar-refractivity contribution is 6.00. The first-order chi connectivity index (χ1) is 12.8. The summed E-state index contributed by atoms with van der Waals surface area (Å²) in [5.41, 5.74) is 1.38. The molecule has 0 saturated heterocycles. The van der Waals surface area contributed by atoms with Crippen LogP contribution in [-0.2, 0) is 5.41 Å². The van der Waals surface area contributed by atoms with Gasteiger partial charge in [-0.3, -0.25) is 0 Å². The molecule has 0 aromatic heterocycles. The number of fused-ring (bicyclic) bond motifs is 1. The first-order valence-corrected chi connectivity index (χ1v) is 9.41. The highest BCUT2D eigenvalue weighted by atomic mass is 14.6. The molecule has 0 unspecified atom stereocenters. The van der Waals surface area contributed by atoms with Crippen LogP contribution in [0.3, 0.4) is 0 Å². The van der Waals surface area contributed by atoms with Gasteiger partial charge in [0.05, 0.1) is 23.9 Å². The lowest BCUT2D eigenvalue weighted by atomic mass is 9.53. The van der Waals surface area contributed by atoms with Crippen molar-refractivity contribution in [1.29, 1.82) is 21.2 Å².